The van der Waals surface area contributed by atoms with Gasteiger partial charge in [0.25, 0.3) is 0 Å². The van der Waals surface area contributed by atoms with Crippen LogP contribution in [0.5, 0.6) is 0 Å². The third-order valence-corrected chi connectivity index (χ3v) is 3.38. The average molecular weight is 293 g/mol. The van der Waals surface area contributed by atoms with E-state index in [2.05, 4.69) is 63.8 Å². The Balaban J connectivity index is 3.44. The lowest BCUT2D eigenvalue weighted by Crippen LogP contribution is -2.36. The van der Waals surface area contributed by atoms with Gasteiger partial charge in [-0.1, -0.05) is 34.6 Å². The Kier molecular flexibility index (Phi) is 5.56. The Bertz CT molecular complexity index is 474. The smallest absolute Gasteiger partial charge is 0.148 e. The maximum Gasteiger partial charge on any atom is 0.148 e. The highest BCUT2D eigenvalue weighted by Crippen LogP contribution is 2.29. The first-order valence-corrected chi connectivity index (χ1v) is 7.70. The second kappa shape index (κ2) is 6.60. The molecule has 0 atom stereocenters. The van der Waals surface area contributed by atoms with Gasteiger partial charge in [0.2, 0.25) is 0 Å². The van der Waals surface area contributed by atoms with Crippen molar-refractivity contribution in [3.63, 3.8) is 0 Å². The predicted molar refractivity (Wildman–Crippen MR) is 90.6 cm³/mol. The number of nitrogens with two attached hydrogens (primary N) is 1. The van der Waals surface area contributed by atoms with E-state index in [1.165, 1.54) is 0 Å². The average Bonchev–Trinajstić information content (AvgIpc) is 2.34. The van der Waals surface area contributed by atoms with Crippen molar-refractivity contribution < 1.29 is 0 Å². The number of hydrogen-bond donors (Lipinski definition) is 2. The summed E-state index contributed by atoms with van der Waals surface area (Å²) in [7, 11) is 0. The Hall–Kier alpha value is -1.36. The molecule has 0 saturated heterocycles. The van der Waals surface area contributed by atoms with E-state index in [9.17, 15) is 0 Å². The van der Waals surface area contributed by atoms with Gasteiger partial charge >= 0.3 is 0 Å². The summed E-state index contributed by atoms with van der Waals surface area (Å²) in [4.78, 5) is 11.7. The van der Waals surface area contributed by atoms with Crippen molar-refractivity contribution >= 4 is 11.6 Å². The lowest BCUT2D eigenvalue weighted by Gasteiger charge is -2.32. The molecule has 1 aromatic heterocycles. The van der Waals surface area contributed by atoms with Crippen LogP contribution < -0.4 is 16.2 Å². The number of hydrogen-bond acceptors (Lipinski definition) is 5. The first kappa shape index (κ1) is 17.7. The molecule has 0 saturated carbocycles. The number of hydrazine groups is 1. The fourth-order valence-electron chi connectivity index (χ4n) is 2.20. The van der Waals surface area contributed by atoms with Crippen molar-refractivity contribution in [1.82, 2.24) is 9.97 Å². The zero-order valence-corrected chi connectivity index (χ0v) is 14.8. The van der Waals surface area contributed by atoms with Crippen LogP contribution in [0.3, 0.4) is 0 Å². The van der Waals surface area contributed by atoms with Crippen LogP contribution in [0.4, 0.5) is 11.6 Å². The van der Waals surface area contributed by atoms with Crippen LogP contribution in [0.15, 0.2) is 0 Å². The van der Waals surface area contributed by atoms with Gasteiger partial charge in [-0.2, -0.15) is 0 Å². The van der Waals surface area contributed by atoms with Crippen LogP contribution >= 0.6 is 0 Å². The van der Waals surface area contributed by atoms with Crippen LogP contribution in [0, 0.1) is 12.8 Å². The van der Waals surface area contributed by atoms with E-state index in [1.807, 2.05) is 6.92 Å². The van der Waals surface area contributed by atoms with E-state index in [-0.39, 0.29) is 5.41 Å². The number of anilines is 2. The van der Waals surface area contributed by atoms with Gasteiger partial charge in [0.15, 0.2) is 0 Å². The maximum absolute atomic E-state index is 5.65. The zero-order valence-electron chi connectivity index (χ0n) is 14.8. The van der Waals surface area contributed by atoms with Crippen molar-refractivity contribution in [3.8, 4) is 0 Å². The normalized spacial score (nSPS) is 12.1. The molecule has 0 bridgehead atoms. The summed E-state index contributed by atoms with van der Waals surface area (Å²) in [5.41, 5.74) is 3.60. The quantitative estimate of drug-likeness (QED) is 0.644. The fourth-order valence-corrected chi connectivity index (χ4v) is 2.20. The highest BCUT2D eigenvalue weighted by atomic mass is 15.3. The molecule has 0 aliphatic heterocycles. The van der Waals surface area contributed by atoms with Gasteiger partial charge in [-0.25, -0.2) is 15.8 Å². The predicted octanol–water partition coefficient (Wildman–Crippen LogP) is 3.24. The third kappa shape index (κ3) is 4.30. The first-order valence-electron chi connectivity index (χ1n) is 7.70. The lowest BCUT2D eigenvalue weighted by molar-refractivity contribution is 0.532. The molecule has 0 unspecified atom stereocenters. The molecular formula is C16H31N5. The first-order chi connectivity index (χ1) is 9.57. The molecule has 1 heterocycles. The molecule has 0 spiro atoms. The van der Waals surface area contributed by atoms with E-state index < -0.39 is 0 Å². The number of nitrogen functional groups attached to an aromatic ring is 1. The molecule has 0 aliphatic rings. The highest BCUT2D eigenvalue weighted by molar-refractivity contribution is 5.59. The Morgan fingerprint density at radius 3 is 2.10 bits per heavy atom. The topological polar surface area (TPSA) is 67.1 Å². The minimum Gasteiger partial charge on any atom is -0.354 e. The van der Waals surface area contributed by atoms with Crippen molar-refractivity contribution in [3.05, 3.63) is 11.4 Å². The molecule has 0 radical (unpaired) electrons. The molecular weight excluding hydrogens is 262 g/mol. The van der Waals surface area contributed by atoms with E-state index in [1.54, 1.807) is 0 Å². The van der Waals surface area contributed by atoms with Crippen molar-refractivity contribution in [2.45, 2.75) is 66.8 Å². The summed E-state index contributed by atoms with van der Waals surface area (Å²) in [6, 6.07) is 0.374. The highest BCUT2D eigenvalue weighted by Gasteiger charge is 2.24. The molecule has 1 rings (SSSR count). The number of aromatic nitrogens is 2. The second-order valence-corrected chi connectivity index (χ2v) is 7.38. The summed E-state index contributed by atoms with van der Waals surface area (Å²) in [5.74, 6) is 8.71. The summed E-state index contributed by atoms with van der Waals surface area (Å²) >= 11 is 0. The van der Waals surface area contributed by atoms with Crippen molar-refractivity contribution in [2.24, 2.45) is 11.8 Å². The van der Waals surface area contributed by atoms with Gasteiger partial charge in [0.1, 0.15) is 17.5 Å². The zero-order chi connectivity index (χ0) is 16.4. The molecule has 5 nitrogen and oxygen atoms in total. The minimum atomic E-state index is -0.117. The van der Waals surface area contributed by atoms with Crippen LogP contribution in [0.2, 0.25) is 0 Å². The van der Waals surface area contributed by atoms with Gasteiger partial charge in [-0.05, 0) is 26.7 Å². The van der Waals surface area contributed by atoms with E-state index >= 15 is 0 Å². The summed E-state index contributed by atoms with van der Waals surface area (Å²) in [5, 5.41) is 0. The summed E-state index contributed by atoms with van der Waals surface area (Å²) < 4.78 is 0. The molecule has 21 heavy (non-hydrogen) atoms. The molecule has 0 aliphatic carbocycles. The molecule has 0 aromatic carbocycles. The SMILES string of the molecule is Cc1c(NN)nc(C(C)(C)C)nc1N(CC(C)C)C(C)C. The van der Waals surface area contributed by atoms with Gasteiger partial charge in [-0.15, -0.1) is 0 Å². The number of rotatable bonds is 5. The third-order valence-electron chi connectivity index (χ3n) is 3.38. The molecule has 120 valence electrons. The minimum absolute atomic E-state index is 0.117. The van der Waals surface area contributed by atoms with Gasteiger partial charge in [0.05, 0.1) is 0 Å². The molecule has 1 aromatic rings. The van der Waals surface area contributed by atoms with Crippen LogP contribution in [0.1, 0.15) is 59.9 Å². The van der Waals surface area contributed by atoms with Gasteiger partial charge in [-0.3, -0.25) is 0 Å². The monoisotopic (exact) mass is 293 g/mol. The van der Waals surface area contributed by atoms with E-state index in [4.69, 9.17) is 10.8 Å². The number of nitrogens with zero attached hydrogens (tertiary/aromatic N) is 3. The number of nitrogens with one attached hydrogen (secondary N) is 1. The fraction of sp³-hybridized carbons (Fsp3) is 0.750. The Morgan fingerprint density at radius 2 is 1.71 bits per heavy atom. The molecule has 5 heteroatoms. The summed E-state index contributed by atoms with van der Waals surface area (Å²) in [6.45, 7) is 18.2. The Morgan fingerprint density at radius 1 is 1.14 bits per heavy atom. The van der Waals surface area contributed by atoms with Gasteiger partial charge in [0, 0.05) is 23.6 Å². The Labute approximate surface area is 129 Å². The van der Waals surface area contributed by atoms with Crippen LogP contribution in [0.25, 0.3) is 0 Å². The maximum atomic E-state index is 5.65. The van der Waals surface area contributed by atoms with Crippen molar-refractivity contribution in [1.29, 1.82) is 0 Å². The second-order valence-electron chi connectivity index (χ2n) is 7.38. The van der Waals surface area contributed by atoms with E-state index in [0.29, 0.717) is 17.8 Å². The van der Waals surface area contributed by atoms with Crippen molar-refractivity contribution in [2.75, 3.05) is 16.9 Å². The van der Waals surface area contributed by atoms with Crippen LogP contribution in [-0.2, 0) is 5.41 Å². The molecule has 0 amide bonds. The lowest BCUT2D eigenvalue weighted by atomic mass is 9.95. The standard InChI is InChI=1S/C16H31N5/c1-10(2)9-21(11(3)4)14-12(5)13(20-17)18-15(19-14)16(6,7)8/h10-11H,9,17H2,1-8H3,(H,18,19,20). The summed E-state index contributed by atoms with van der Waals surface area (Å²) in [6.07, 6.45) is 0. The largest absolute Gasteiger partial charge is 0.354 e. The van der Waals surface area contributed by atoms with Crippen LogP contribution in [-0.4, -0.2) is 22.6 Å². The van der Waals surface area contributed by atoms with E-state index in [0.717, 1.165) is 23.8 Å². The van der Waals surface area contributed by atoms with Gasteiger partial charge < -0.3 is 10.3 Å². The molecule has 3 N–H and O–H groups in total. The molecule has 0 fully saturated rings.